The Morgan fingerprint density at radius 2 is 1.59 bits per heavy atom. The van der Waals surface area contributed by atoms with Gasteiger partial charge in [-0.2, -0.15) is 0 Å². The van der Waals surface area contributed by atoms with Crippen molar-refractivity contribution < 1.29 is 16.8 Å². The fraction of sp³-hybridized carbons (Fsp3) is 0.190. The molecule has 0 saturated carbocycles. The lowest BCUT2D eigenvalue weighted by Crippen LogP contribution is -2.32. The summed E-state index contributed by atoms with van der Waals surface area (Å²) < 4.78 is 54.0. The lowest BCUT2D eigenvalue weighted by molar-refractivity contribution is 0.568. The summed E-state index contributed by atoms with van der Waals surface area (Å²) in [6.45, 7) is 1.64. The topological polar surface area (TPSA) is 93.2 Å². The molecule has 1 heterocycles. The minimum absolute atomic E-state index is 0.131. The minimum atomic E-state index is -3.82. The van der Waals surface area contributed by atoms with Gasteiger partial charge in [0, 0.05) is 18.9 Å². The zero-order valence-corrected chi connectivity index (χ0v) is 17.5. The highest BCUT2D eigenvalue weighted by Crippen LogP contribution is 2.28. The fourth-order valence-electron chi connectivity index (χ4n) is 2.90. The van der Waals surface area contributed by atoms with Crippen molar-refractivity contribution in [3.8, 4) is 0 Å². The smallest absolute Gasteiger partial charge is 0.215 e. The van der Waals surface area contributed by atoms with E-state index in [-0.39, 0.29) is 17.2 Å². The number of hydrogen-bond acceptors (Lipinski definition) is 5. The summed E-state index contributed by atoms with van der Waals surface area (Å²) in [5.74, 6) is -0.224. The van der Waals surface area contributed by atoms with E-state index >= 15 is 0 Å². The van der Waals surface area contributed by atoms with Crippen molar-refractivity contribution in [1.82, 2.24) is 9.71 Å². The highest BCUT2D eigenvalue weighted by atomic mass is 32.2. The van der Waals surface area contributed by atoms with Crippen LogP contribution >= 0.6 is 0 Å². The Morgan fingerprint density at radius 1 is 0.897 bits per heavy atom. The van der Waals surface area contributed by atoms with E-state index in [9.17, 15) is 16.8 Å². The second-order valence-corrected chi connectivity index (χ2v) is 10.7. The molecule has 1 atom stereocenters. The maximum Gasteiger partial charge on any atom is 0.215 e. The number of aromatic nitrogens is 1. The number of rotatable bonds is 8. The molecule has 0 amide bonds. The van der Waals surface area contributed by atoms with Gasteiger partial charge in [0.25, 0.3) is 0 Å². The molecule has 0 aliphatic rings. The molecular formula is C21H22N2O4S2. The number of sulfonamides is 1. The second kappa shape index (κ2) is 8.86. The molecule has 1 unspecified atom stereocenters. The Bertz CT molecular complexity index is 1150. The van der Waals surface area contributed by atoms with E-state index in [1.54, 1.807) is 42.5 Å². The predicted octanol–water partition coefficient (Wildman–Crippen LogP) is 3.02. The standard InChI is InChI=1S/C21H22N2O4S2/c1-17-9-11-18(12-10-17)16-28(24,25)23-15-21(19-6-5-13-22-14-19)29(26,27)20-7-3-2-4-8-20/h2-14,21,23H,15-16H2,1H3. The highest BCUT2D eigenvalue weighted by molar-refractivity contribution is 7.92. The molecule has 152 valence electrons. The summed E-state index contributed by atoms with van der Waals surface area (Å²) in [5.41, 5.74) is 2.09. The van der Waals surface area contributed by atoms with Crippen molar-refractivity contribution in [3.05, 3.63) is 95.8 Å². The number of benzene rings is 2. The minimum Gasteiger partial charge on any atom is -0.264 e. The van der Waals surface area contributed by atoms with E-state index in [2.05, 4.69) is 9.71 Å². The quantitative estimate of drug-likeness (QED) is 0.593. The zero-order valence-electron chi connectivity index (χ0n) is 15.9. The lowest BCUT2D eigenvalue weighted by Gasteiger charge is -2.19. The third kappa shape index (κ3) is 5.50. The van der Waals surface area contributed by atoms with Crippen LogP contribution in [0, 0.1) is 6.92 Å². The summed E-state index contributed by atoms with van der Waals surface area (Å²) in [5, 5.41) is -1.09. The lowest BCUT2D eigenvalue weighted by atomic mass is 10.2. The molecule has 0 fully saturated rings. The van der Waals surface area contributed by atoms with Crippen LogP contribution in [0.15, 0.2) is 84.0 Å². The number of sulfone groups is 1. The number of nitrogens with one attached hydrogen (secondary N) is 1. The Balaban J connectivity index is 1.85. The first-order chi connectivity index (χ1) is 13.8. The maximum atomic E-state index is 13.2. The Kier molecular flexibility index (Phi) is 6.46. The van der Waals surface area contributed by atoms with Crippen LogP contribution in [0.3, 0.4) is 0 Å². The van der Waals surface area contributed by atoms with Gasteiger partial charge in [-0.3, -0.25) is 4.98 Å². The van der Waals surface area contributed by atoms with Crippen LogP contribution in [-0.4, -0.2) is 28.4 Å². The maximum absolute atomic E-state index is 13.2. The Labute approximate surface area is 171 Å². The molecule has 1 aromatic heterocycles. The van der Waals surface area contributed by atoms with Gasteiger partial charge in [-0.1, -0.05) is 54.1 Å². The van der Waals surface area contributed by atoms with Crippen LogP contribution in [0.2, 0.25) is 0 Å². The van der Waals surface area contributed by atoms with Crippen molar-refractivity contribution >= 4 is 19.9 Å². The van der Waals surface area contributed by atoms with Crippen molar-refractivity contribution in [3.63, 3.8) is 0 Å². The third-order valence-electron chi connectivity index (χ3n) is 4.47. The monoisotopic (exact) mass is 430 g/mol. The molecule has 0 radical (unpaired) electrons. The average Bonchev–Trinajstić information content (AvgIpc) is 2.71. The molecule has 0 bridgehead atoms. The van der Waals surface area contributed by atoms with E-state index in [1.807, 2.05) is 19.1 Å². The fourth-order valence-corrected chi connectivity index (χ4v) is 5.83. The number of hydrogen-bond donors (Lipinski definition) is 1. The molecule has 6 nitrogen and oxygen atoms in total. The summed E-state index contributed by atoms with van der Waals surface area (Å²) in [6.07, 6.45) is 2.98. The van der Waals surface area contributed by atoms with Crippen molar-refractivity contribution in [2.75, 3.05) is 6.54 Å². The van der Waals surface area contributed by atoms with Gasteiger partial charge in [-0.05, 0) is 36.2 Å². The molecule has 0 aliphatic carbocycles. The van der Waals surface area contributed by atoms with Gasteiger partial charge in [0.05, 0.1) is 10.6 Å². The number of nitrogens with zero attached hydrogens (tertiary/aromatic N) is 1. The van der Waals surface area contributed by atoms with Gasteiger partial charge in [0.15, 0.2) is 9.84 Å². The molecule has 1 N–H and O–H groups in total. The first kappa shape index (κ1) is 21.2. The predicted molar refractivity (Wildman–Crippen MR) is 112 cm³/mol. The Hall–Kier alpha value is -2.55. The van der Waals surface area contributed by atoms with Gasteiger partial charge in [-0.25, -0.2) is 21.6 Å². The van der Waals surface area contributed by atoms with E-state index < -0.39 is 25.1 Å². The normalized spacial score (nSPS) is 13.1. The summed E-state index contributed by atoms with van der Waals surface area (Å²) in [4.78, 5) is 4.12. The van der Waals surface area contributed by atoms with Crippen LogP contribution in [0.1, 0.15) is 21.9 Å². The SMILES string of the molecule is Cc1ccc(CS(=O)(=O)NCC(c2cccnc2)S(=O)(=O)c2ccccc2)cc1. The average molecular weight is 431 g/mol. The molecular weight excluding hydrogens is 408 g/mol. The first-order valence-electron chi connectivity index (χ1n) is 9.00. The van der Waals surface area contributed by atoms with E-state index in [1.165, 1.54) is 24.5 Å². The van der Waals surface area contributed by atoms with E-state index in [4.69, 9.17) is 0 Å². The molecule has 3 aromatic rings. The van der Waals surface area contributed by atoms with Crippen LogP contribution in [0.4, 0.5) is 0 Å². The van der Waals surface area contributed by atoms with Crippen LogP contribution < -0.4 is 4.72 Å². The summed E-state index contributed by atoms with van der Waals surface area (Å²) in [7, 11) is -7.55. The molecule has 8 heteroatoms. The number of pyridine rings is 1. The molecule has 0 aliphatic heterocycles. The number of aryl methyl sites for hydroxylation is 1. The molecule has 29 heavy (non-hydrogen) atoms. The zero-order chi connectivity index (χ0) is 20.9. The molecule has 0 saturated heterocycles. The van der Waals surface area contributed by atoms with Crippen LogP contribution in [0.25, 0.3) is 0 Å². The molecule has 2 aromatic carbocycles. The Morgan fingerprint density at radius 3 is 2.21 bits per heavy atom. The van der Waals surface area contributed by atoms with E-state index in [0.717, 1.165) is 5.56 Å². The van der Waals surface area contributed by atoms with Crippen LogP contribution in [-0.2, 0) is 25.6 Å². The van der Waals surface area contributed by atoms with Gasteiger partial charge in [-0.15, -0.1) is 0 Å². The van der Waals surface area contributed by atoms with Gasteiger partial charge < -0.3 is 0 Å². The van der Waals surface area contributed by atoms with Gasteiger partial charge in [0.1, 0.15) is 5.25 Å². The van der Waals surface area contributed by atoms with Crippen molar-refractivity contribution in [2.24, 2.45) is 0 Å². The largest absolute Gasteiger partial charge is 0.264 e. The summed E-state index contributed by atoms with van der Waals surface area (Å²) >= 11 is 0. The molecule has 0 spiro atoms. The van der Waals surface area contributed by atoms with Crippen molar-refractivity contribution in [1.29, 1.82) is 0 Å². The summed E-state index contributed by atoms with van der Waals surface area (Å²) in [6, 6.07) is 18.4. The third-order valence-corrected chi connectivity index (χ3v) is 7.91. The van der Waals surface area contributed by atoms with Gasteiger partial charge >= 0.3 is 0 Å². The highest BCUT2D eigenvalue weighted by Gasteiger charge is 2.30. The molecule has 3 rings (SSSR count). The first-order valence-corrected chi connectivity index (χ1v) is 12.2. The van der Waals surface area contributed by atoms with E-state index in [0.29, 0.717) is 11.1 Å². The van der Waals surface area contributed by atoms with Crippen molar-refractivity contribution in [2.45, 2.75) is 22.8 Å². The second-order valence-electron chi connectivity index (χ2n) is 6.73. The van der Waals surface area contributed by atoms with Crippen LogP contribution in [0.5, 0.6) is 0 Å². The van der Waals surface area contributed by atoms with Gasteiger partial charge in [0.2, 0.25) is 10.0 Å².